The topological polar surface area (TPSA) is 86.2 Å². The van der Waals surface area contributed by atoms with E-state index in [-0.39, 0.29) is 11.5 Å². The Balaban J connectivity index is 1.89. The molecule has 2 aromatic heterocycles. The molecule has 1 aliphatic heterocycles. The molecule has 6 nitrogen and oxygen atoms in total. The van der Waals surface area contributed by atoms with Gasteiger partial charge >= 0.3 is 0 Å². The predicted octanol–water partition coefficient (Wildman–Crippen LogP) is 3.37. The van der Waals surface area contributed by atoms with Gasteiger partial charge in [0.25, 0.3) is 0 Å². The van der Waals surface area contributed by atoms with Crippen molar-refractivity contribution in [1.82, 2.24) is 14.5 Å². The zero-order valence-corrected chi connectivity index (χ0v) is 14.1. The molecule has 0 bridgehead atoms. The minimum atomic E-state index is -2.42. The van der Waals surface area contributed by atoms with Crippen molar-refractivity contribution in [1.29, 1.82) is 0 Å². The largest absolute Gasteiger partial charge is 0.383 e. The lowest BCUT2D eigenvalue weighted by Gasteiger charge is -2.18. The SMILES string of the molecule is [2H]C([2H])([2H])n1cc(-c2ccc(N=S3(=O)CCC3)c(Cl)c2)c2c(N)ncnc21. The highest BCUT2D eigenvalue weighted by Crippen LogP contribution is 2.37. The van der Waals surface area contributed by atoms with Gasteiger partial charge in [-0.3, -0.25) is 0 Å². The summed E-state index contributed by atoms with van der Waals surface area (Å²) in [5.74, 6) is 1.36. The van der Waals surface area contributed by atoms with E-state index in [2.05, 4.69) is 14.3 Å². The summed E-state index contributed by atoms with van der Waals surface area (Å²) in [7, 11) is -2.18. The maximum atomic E-state index is 12.3. The first-order valence-electron chi connectivity index (χ1n) is 8.82. The van der Waals surface area contributed by atoms with Crippen LogP contribution in [0.1, 0.15) is 10.5 Å². The summed E-state index contributed by atoms with van der Waals surface area (Å²) in [4.78, 5) is 8.06. The number of nitrogens with zero attached hydrogens (tertiary/aromatic N) is 4. The number of aromatic nitrogens is 3. The lowest BCUT2D eigenvalue weighted by molar-refractivity contribution is 0.663. The third kappa shape index (κ3) is 2.44. The molecule has 0 unspecified atom stereocenters. The zero-order valence-electron chi connectivity index (χ0n) is 15.6. The molecule has 1 aliphatic rings. The number of fused-ring (bicyclic) bond motifs is 1. The standard InChI is InChI=1S/C16H16ClN5OS/c1-22-8-11(14-15(18)19-9-20-16(14)22)10-3-4-13(12(17)7-10)21-24(23)5-2-6-24/h3-4,7-9H,2,5-6H2,1H3,(H2,18,19,20)/i1D3. The highest BCUT2D eigenvalue weighted by Gasteiger charge is 2.20. The first-order valence-corrected chi connectivity index (χ1v) is 9.55. The van der Waals surface area contributed by atoms with Crippen LogP contribution in [0.4, 0.5) is 11.5 Å². The maximum absolute atomic E-state index is 12.3. The van der Waals surface area contributed by atoms with E-state index in [1.165, 1.54) is 12.5 Å². The lowest BCUT2D eigenvalue weighted by atomic mass is 10.1. The van der Waals surface area contributed by atoms with Crippen LogP contribution < -0.4 is 5.73 Å². The fourth-order valence-electron chi connectivity index (χ4n) is 2.71. The van der Waals surface area contributed by atoms with E-state index in [9.17, 15) is 4.21 Å². The second-order valence-corrected chi connectivity index (χ2v) is 8.61. The van der Waals surface area contributed by atoms with Crippen LogP contribution in [0, 0.1) is 0 Å². The summed E-state index contributed by atoms with van der Waals surface area (Å²) in [5.41, 5.74) is 7.88. The van der Waals surface area contributed by atoms with Crippen molar-refractivity contribution in [3.63, 3.8) is 0 Å². The summed E-state index contributed by atoms with van der Waals surface area (Å²) in [5, 5.41) is 0.784. The number of hydrogen-bond acceptors (Lipinski definition) is 5. The molecule has 3 heterocycles. The van der Waals surface area contributed by atoms with Gasteiger partial charge in [0.05, 0.1) is 25.8 Å². The van der Waals surface area contributed by atoms with E-state index in [4.69, 9.17) is 21.4 Å². The molecule has 124 valence electrons. The molecule has 3 aromatic rings. The van der Waals surface area contributed by atoms with Gasteiger partial charge in [-0.25, -0.2) is 14.2 Å². The average Bonchev–Trinajstić information content (AvgIpc) is 2.96. The Bertz CT molecular complexity index is 1170. The highest BCUT2D eigenvalue weighted by molar-refractivity contribution is 7.95. The monoisotopic (exact) mass is 364 g/mol. The van der Waals surface area contributed by atoms with E-state index >= 15 is 0 Å². The number of halogens is 1. The number of benzene rings is 1. The lowest BCUT2D eigenvalue weighted by Crippen LogP contribution is -2.22. The second-order valence-electron chi connectivity index (χ2n) is 5.66. The predicted molar refractivity (Wildman–Crippen MR) is 97.9 cm³/mol. The molecule has 0 atom stereocenters. The van der Waals surface area contributed by atoms with Crippen molar-refractivity contribution in [3.05, 3.63) is 35.7 Å². The van der Waals surface area contributed by atoms with Gasteiger partial charge < -0.3 is 10.3 Å². The van der Waals surface area contributed by atoms with E-state index < -0.39 is 16.7 Å². The molecule has 1 fully saturated rings. The van der Waals surface area contributed by atoms with Crippen molar-refractivity contribution in [2.75, 3.05) is 17.2 Å². The van der Waals surface area contributed by atoms with Crippen molar-refractivity contribution in [2.45, 2.75) is 6.42 Å². The molecule has 0 amide bonds. The normalized spacial score (nSPS) is 18.5. The van der Waals surface area contributed by atoms with Gasteiger partial charge in [-0.15, -0.1) is 0 Å². The van der Waals surface area contributed by atoms with Crippen LogP contribution >= 0.6 is 11.6 Å². The molecule has 2 N–H and O–H groups in total. The fourth-order valence-corrected chi connectivity index (χ4v) is 4.47. The van der Waals surface area contributed by atoms with Gasteiger partial charge in [0.1, 0.15) is 17.8 Å². The molecule has 1 aromatic carbocycles. The van der Waals surface area contributed by atoms with Gasteiger partial charge in [0.15, 0.2) is 0 Å². The number of nitrogen functional groups attached to an aromatic ring is 1. The number of rotatable bonds is 2. The fraction of sp³-hybridized carbons (Fsp3) is 0.250. The molecule has 0 aliphatic carbocycles. The molecule has 4 rings (SSSR count). The van der Waals surface area contributed by atoms with Crippen molar-refractivity contribution >= 4 is 43.9 Å². The van der Waals surface area contributed by atoms with Crippen LogP contribution in [0.15, 0.2) is 35.1 Å². The summed E-state index contributed by atoms with van der Waals surface area (Å²) in [6, 6.07) is 5.09. The van der Waals surface area contributed by atoms with Crippen molar-refractivity contribution in [3.8, 4) is 11.1 Å². The number of nitrogens with two attached hydrogens (primary N) is 1. The average molecular weight is 365 g/mol. The summed E-state index contributed by atoms with van der Waals surface area (Å²) in [6.45, 7) is -2.42. The van der Waals surface area contributed by atoms with E-state index in [1.54, 1.807) is 18.2 Å². The van der Waals surface area contributed by atoms with E-state index in [1.807, 2.05) is 0 Å². The quantitative estimate of drug-likeness (QED) is 0.755. The third-order valence-electron chi connectivity index (χ3n) is 4.06. The van der Waals surface area contributed by atoms with Crippen LogP contribution in [0.5, 0.6) is 0 Å². The Labute approximate surface area is 149 Å². The molecule has 8 heteroatoms. The molecule has 0 radical (unpaired) electrons. The molecular weight excluding hydrogens is 346 g/mol. The van der Waals surface area contributed by atoms with Gasteiger partial charge in [0, 0.05) is 34.4 Å². The Kier molecular flexibility index (Phi) is 2.79. The number of aryl methyl sites for hydroxylation is 1. The van der Waals surface area contributed by atoms with Gasteiger partial charge in [0.2, 0.25) is 0 Å². The smallest absolute Gasteiger partial charge is 0.145 e. The Morgan fingerprint density at radius 1 is 1.42 bits per heavy atom. The summed E-state index contributed by atoms with van der Waals surface area (Å²) < 4.78 is 40.9. The van der Waals surface area contributed by atoms with Crippen LogP contribution in [0.25, 0.3) is 22.2 Å². The molecule has 24 heavy (non-hydrogen) atoms. The second kappa shape index (κ2) is 5.46. The van der Waals surface area contributed by atoms with E-state index in [0.717, 1.165) is 11.0 Å². The third-order valence-corrected chi connectivity index (χ3v) is 6.75. The first-order chi connectivity index (χ1) is 12.7. The molecule has 0 saturated carbocycles. The zero-order chi connectivity index (χ0) is 19.4. The van der Waals surface area contributed by atoms with Crippen molar-refractivity contribution in [2.24, 2.45) is 11.3 Å². The maximum Gasteiger partial charge on any atom is 0.145 e. The van der Waals surface area contributed by atoms with Crippen LogP contribution in [-0.2, 0) is 16.7 Å². The summed E-state index contributed by atoms with van der Waals surface area (Å²) in [6.07, 6.45) is 3.61. The first kappa shape index (κ1) is 12.3. The van der Waals surface area contributed by atoms with Gasteiger partial charge in [-0.05, 0) is 24.1 Å². The Morgan fingerprint density at radius 2 is 2.25 bits per heavy atom. The molecule has 0 spiro atoms. The minimum absolute atomic E-state index is 0.181. The van der Waals surface area contributed by atoms with Gasteiger partial charge in [-0.1, -0.05) is 17.7 Å². The molecule has 1 saturated heterocycles. The number of hydrogen-bond donors (Lipinski definition) is 1. The van der Waals surface area contributed by atoms with E-state index in [0.29, 0.717) is 38.7 Å². The number of anilines is 1. The highest BCUT2D eigenvalue weighted by atomic mass is 35.5. The minimum Gasteiger partial charge on any atom is -0.383 e. The Hall–Kier alpha value is -2.12. The van der Waals surface area contributed by atoms with Crippen molar-refractivity contribution < 1.29 is 8.32 Å². The van der Waals surface area contributed by atoms with Crippen LogP contribution in [0.2, 0.25) is 5.02 Å². The summed E-state index contributed by atoms with van der Waals surface area (Å²) >= 11 is 6.35. The van der Waals surface area contributed by atoms with Gasteiger partial charge in [-0.2, -0.15) is 4.36 Å². The van der Waals surface area contributed by atoms with Crippen LogP contribution in [0.3, 0.4) is 0 Å². The Morgan fingerprint density at radius 3 is 2.92 bits per heavy atom. The van der Waals surface area contributed by atoms with Crippen LogP contribution in [-0.4, -0.2) is 30.2 Å². The molecular formula is C16H16ClN5OS.